The van der Waals surface area contributed by atoms with Gasteiger partial charge in [-0.1, -0.05) is 29.8 Å². The van der Waals surface area contributed by atoms with Crippen molar-refractivity contribution in [3.05, 3.63) is 57.0 Å². The average Bonchev–Trinajstić information content (AvgIpc) is 2.82. The molecule has 2 aromatic rings. The summed E-state index contributed by atoms with van der Waals surface area (Å²) in [7, 11) is 0. The van der Waals surface area contributed by atoms with Crippen LogP contribution in [0.3, 0.4) is 0 Å². The minimum atomic E-state index is -0.164. The number of aromatic nitrogens is 1. The summed E-state index contributed by atoms with van der Waals surface area (Å²) < 4.78 is 0. The molecule has 1 N–H and O–H groups in total. The first kappa shape index (κ1) is 14.8. The lowest BCUT2D eigenvalue weighted by Crippen LogP contribution is -2.24. The Morgan fingerprint density at radius 1 is 1.45 bits per heavy atom. The summed E-state index contributed by atoms with van der Waals surface area (Å²) in [6.45, 7) is 3.83. The Balaban J connectivity index is 1.98. The third-order valence-corrected chi connectivity index (χ3v) is 3.91. The van der Waals surface area contributed by atoms with E-state index in [9.17, 15) is 4.79 Å². The Kier molecular flexibility index (Phi) is 4.93. The van der Waals surface area contributed by atoms with E-state index >= 15 is 0 Å². The fraction of sp³-hybridized carbons (Fsp3) is 0.200. The normalized spacial score (nSPS) is 12.6. The first-order chi connectivity index (χ1) is 9.56. The smallest absolute Gasteiger partial charge is 0.244 e. The number of hydrogen-bond acceptors (Lipinski definition) is 3. The van der Waals surface area contributed by atoms with E-state index in [2.05, 4.69) is 10.3 Å². The van der Waals surface area contributed by atoms with Gasteiger partial charge >= 0.3 is 0 Å². The molecule has 2 rings (SSSR count). The molecule has 1 amide bonds. The molecule has 0 saturated carbocycles. The predicted molar refractivity (Wildman–Crippen MR) is 83.9 cm³/mol. The lowest BCUT2D eigenvalue weighted by atomic mass is 10.1. The van der Waals surface area contributed by atoms with E-state index in [1.165, 1.54) is 6.08 Å². The SMILES string of the molecule is Cc1nc(/C=C/C(=O)NC(C)c2ccccc2Cl)cs1. The zero-order valence-corrected chi connectivity index (χ0v) is 12.8. The van der Waals surface area contributed by atoms with Gasteiger partial charge in [0.05, 0.1) is 16.7 Å². The average molecular weight is 307 g/mol. The molecule has 1 aromatic carbocycles. The Hall–Kier alpha value is -1.65. The van der Waals surface area contributed by atoms with Crippen LogP contribution in [0.25, 0.3) is 6.08 Å². The molecule has 1 aromatic heterocycles. The van der Waals surface area contributed by atoms with Crippen molar-refractivity contribution in [1.29, 1.82) is 0 Å². The topological polar surface area (TPSA) is 42.0 Å². The second-order valence-electron chi connectivity index (χ2n) is 4.38. The van der Waals surface area contributed by atoms with E-state index in [4.69, 9.17) is 11.6 Å². The van der Waals surface area contributed by atoms with E-state index in [1.54, 1.807) is 17.4 Å². The van der Waals surface area contributed by atoms with Crippen LogP contribution in [0.5, 0.6) is 0 Å². The van der Waals surface area contributed by atoms with Gasteiger partial charge in [-0.25, -0.2) is 4.98 Å². The number of benzene rings is 1. The Morgan fingerprint density at radius 2 is 2.20 bits per heavy atom. The van der Waals surface area contributed by atoms with Crippen molar-refractivity contribution in [1.82, 2.24) is 10.3 Å². The molecule has 0 aliphatic heterocycles. The number of carbonyl (C=O) groups excluding carboxylic acids is 1. The zero-order chi connectivity index (χ0) is 14.5. The molecule has 0 radical (unpaired) electrons. The third kappa shape index (κ3) is 3.92. The molecule has 5 heteroatoms. The molecule has 0 saturated heterocycles. The largest absolute Gasteiger partial charge is 0.346 e. The van der Waals surface area contributed by atoms with Crippen LogP contribution < -0.4 is 5.32 Å². The Labute approximate surface area is 127 Å². The molecule has 104 valence electrons. The summed E-state index contributed by atoms with van der Waals surface area (Å²) in [5.41, 5.74) is 1.70. The second-order valence-corrected chi connectivity index (χ2v) is 5.85. The van der Waals surface area contributed by atoms with Gasteiger partial charge in [0.25, 0.3) is 0 Å². The molecule has 0 fully saturated rings. The van der Waals surface area contributed by atoms with Crippen LogP contribution in [-0.2, 0) is 4.79 Å². The highest BCUT2D eigenvalue weighted by Gasteiger charge is 2.10. The minimum Gasteiger partial charge on any atom is -0.346 e. The van der Waals surface area contributed by atoms with Crippen LogP contribution >= 0.6 is 22.9 Å². The van der Waals surface area contributed by atoms with Crippen molar-refractivity contribution in [2.75, 3.05) is 0 Å². The van der Waals surface area contributed by atoms with Gasteiger partial charge in [-0.3, -0.25) is 4.79 Å². The third-order valence-electron chi connectivity index (χ3n) is 2.77. The molecule has 20 heavy (non-hydrogen) atoms. The van der Waals surface area contributed by atoms with Crippen molar-refractivity contribution < 1.29 is 4.79 Å². The van der Waals surface area contributed by atoms with Crippen LogP contribution in [0, 0.1) is 6.92 Å². The monoisotopic (exact) mass is 306 g/mol. The van der Waals surface area contributed by atoms with Gasteiger partial charge in [0.1, 0.15) is 0 Å². The molecule has 0 aliphatic rings. The molecule has 3 nitrogen and oxygen atoms in total. The number of nitrogens with one attached hydrogen (secondary N) is 1. The maximum atomic E-state index is 11.9. The second kappa shape index (κ2) is 6.68. The summed E-state index contributed by atoms with van der Waals surface area (Å²) in [6, 6.07) is 7.34. The van der Waals surface area contributed by atoms with Gasteiger partial charge in [-0.2, -0.15) is 0 Å². The van der Waals surface area contributed by atoms with Gasteiger partial charge in [-0.15, -0.1) is 11.3 Å². The first-order valence-corrected chi connectivity index (χ1v) is 7.47. The lowest BCUT2D eigenvalue weighted by Gasteiger charge is -2.14. The first-order valence-electron chi connectivity index (χ1n) is 6.21. The fourth-order valence-corrected chi connectivity index (χ4v) is 2.66. The maximum Gasteiger partial charge on any atom is 0.244 e. The standard InChI is InChI=1S/C15H15ClN2OS/c1-10(13-5-3-4-6-14(13)16)17-15(19)8-7-12-9-20-11(2)18-12/h3-10H,1-2H3,(H,17,19)/b8-7+. The molecule has 0 aliphatic carbocycles. The summed E-state index contributed by atoms with van der Waals surface area (Å²) >= 11 is 7.66. The van der Waals surface area contributed by atoms with Crippen molar-refractivity contribution >= 4 is 34.9 Å². The Morgan fingerprint density at radius 3 is 2.85 bits per heavy atom. The summed E-state index contributed by atoms with van der Waals surface area (Å²) in [5, 5.41) is 6.43. The van der Waals surface area contributed by atoms with Gasteiger partial charge in [-0.05, 0) is 31.6 Å². The quantitative estimate of drug-likeness (QED) is 0.868. The summed E-state index contributed by atoms with van der Waals surface area (Å²) in [4.78, 5) is 16.1. The number of halogens is 1. The maximum absolute atomic E-state index is 11.9. The lowest BCUT2D eigenvalue weighted by molar-refractivity contribution is -0.117. The summed E-state index contributed by atoms with van der Waals surface area (Å²) in [5.74, 6) is -0.164. The minimum absolute atomic E-state index is 0.141. The van der Waals surface area contributed by atoms with E-state index in [-0.39, 0.29) is 11.9 Å². The highest BCUT2D eigenvalue weighted by Crippen LogP contribution is 2.22. The number of carbonyl (C=O) groups is 1. The molecule has 0 bridgehead atoms. The molecule has 0 spiro atoms. The van der Waals surface area contributed by atoms with Crippen molar-refractivity contribution in [2.45, 2.75) is 19.9 Å². The number of nitrogens with zero attached hydrogens (tertiary/aromatic N) is 1. The van der Waals surface area contributed by atoms with Crippen molar-refractivity contribution in [3.63, 3.8) is 0 Å². The van der Waals surface area contributed by atoms with E-state index in [1.807, 2.05) is 43.5 Å². The molecule has 1 atom stereocenters. The van der Waals surface area contributed by atoms with E-state index in [0.717, 1.165) is 16.3 Å². The number of rotatable bonds is 4. The number of thiazole rings is 1. The van der Waals surface area contributed by atoms with Crippen LogP contribution in [0.15, 0.2) is 35.7 Å². The Bertz CT molecular complexity index is 636. The summed E-state index contributed by atoms with van der Waals surface area (Å²) in [6.07, 6.45) is 3.19. The van der Waals surface area contributed by atoms with Crippen LogP contribution in [-0.4, -0.2) is 10.9 Å². The number of aryl methyl sites for hydroxylation is 1. The highest BCUT2D eigenvalue weighted by molar-refractivity contribution is 7.09. The van der Waals surface area contributed by atoms with Gasteiger partial charge in [0, 0.05) is 16.5 Å². The predicted octanol–water partition coefficient (Wildman–Crippen LogP) is 4.00. The molecule has 1 heterocycles. The van der Waals surface area contributed by atoms with Crippen LogP contribution in [0.4, 0.5) is 0 Å². The van der Waals surface area contributed by atoms with Crippen LogP contribution in [0.2, 0.25) is 5.02 Å². The van der Waals surface area contributed by atoms with E-state index < -0.39 is 0 Å². The van der Waals surface area contributed by atoms with Gasteiger partial charge < -0.3 is 5.32 Å². The molecular formula is C15H15ClN2OS. The van der Waals surface area contributed by atoms with Crippen molar-refractivity contribution in [3.8, 4) is 0 Å². The number of hydrogen-bond donors (Lipinski definition) is 1. The van der Waals surface area contributed by atoms with Crippen molar-refractivity contribution in [2.24, 2.45) is 0 Å². The van der Waals surface area contributed by atoms with Gasteiger partial charge in [0.2, 0.25) is 5.91 Å². The van der Waals surface area contributed by atoms with E-state index in [0.29, 0.717) is 5.02 Å². The number of amides is 1. The zero-order valence-electron chi connectivity index (χ0n) is 11.3. The molecular weight excluding hydrogens is 292 g/mol. The molecule has 1 unspecified atom stereocenters. The van der Waals surface area contributed by atoms with Gasteiger partial charge in [0.15, 0.2) is 0 Å². The highest BCUT2D eigenvalue weighted by atomic mass is 35.5. The fourth-order valence-electron chi connectivity index (χ4n) is 1.78. The van der Waals surface area contributed by atoms with Crippen LogP contribution in [0.1, 0.15) is 29.2 Å².